The van der Waals surface area contributed by atoms with E-state index in [9.17, 15) is 14.0 Å². The highest BCUT2D eigenvalue weighted by Crippen LogP contribution is 2.27. The molecule has 0 atom stereocenters. The van der Waals surface area contributed by atoms with Gasteiger partial charge in [-0.1, -0.05) is 6.07 Å². The van der Waals surface area contributed by atoms with E-state index in [0.29, 0.717) is 30.9 Å². The monoisotopic (exact) mass is 438 g/mol. The number of esters is 1. The van der Waals surface area contributed by atoms with Crippen molar-refractivity contribution in [2.75, 3.05) is 25.1 Å². The number of ether oxygens (including phenoxy) is 1. The molecule has 2 aromatic carbocycles. The van der Waals surface area contributed by atoms with E-state index in [1.807, 2.05) is 34.7 Å². The van der Waals surface area contributed by atoms with Gasteiger partial charge in [-0.2, -0.15) is 5.10 Å². The van der Waals surface area contributed by atoms with E-state index in [1.165, 1.54) is 19.2 Å². The Labute approximate surface area is 186 Å². The van der Waals surface area contributed by atoms with Crippen LogP contribution < -0.4 is 4.90 Å². The minimum atomic E-state index is -0.602. The molecule has 4 rings (SSSR count). The minimum Gasteiger partial charge on any atom is -0.465 e. The number of rotatable bonds is 5. The van der Waals surface area contributed by atoms with Gasteiger partial charge in [-0.25, -0.2) is 14.0 Å². The zero-order valence-electron chi connectivity index (χ0n) is 18.4. The second kappa shape index (κ2) is 9.38. The lowest BCUT2D eigenvalue weighted by molar-refractivity contribution is 0.0600. The van der Waals surface area contributed by atoms with Crippen molar-refractivity contribution in [2.45, 2.75) is 39.3 Å². The third-order valence-electron chi connectivity index (χ3n) is 5.90. The Morgan fingerprint density at radius 3 is 2.59 bits per heavy atom. The van der Waals surface area contributed by atoms with Crippen molar-refractivity contribution in [1.29, 1.82) is 0 Å². The molecule has 1 aromatic heterocycles. The topological polar surface area (TPSA) is 67.7 Å². The first-order chi connectivity index (χ1) is 15.5. The van der Waals surface area contributed by atoms with Crippen LogP contribution in [0.3, 0.4) is 0 Å². The first-order valence-electron chi connectivity index (χ1n) is 10.9. The van der Waals surface area contributed by atoms with Gasteiger partial charge in [0.15, 0.2) is 0 Å². The van der Waals surface area contributed by atoms with E-state index in [4.69, 9.17) is 0 Å². The van der Waals surface area contributed by atoms with Gasteiger partial charge < -0.3 is 9.64 Å². The summed E-state index contributed by atoms with van der Waals surface area (Å²) < 4.78 is 21.4. The summed E-state index contributed by atoms with van der Waals surface area (Å²) in [6.07, 6.45) is 4.83. The summed E-state index contributed by atoms with van der Waals surface area (Å²) in [4.78, 5) is 28.7. The molecule has 168 valence electrons. The quantitative estimate of drug-likeness (QED) is 0.546. The first-order valence-corrected chi connectivity index (χ1v) is 10.9. The fourth-order valence-electron chi connectivity index (χ4n) is 4.09. The Balaban J connectivity index is 1.71. The molecule has 1 aliphatic heterocycles. The maximum Gasteiger partial charge on any atom is 0.337 e. The van der Waals surface area contributed by atoms with Crippen LogP contribution in [0.4, 0.5) is 14.9 Å². The van der Waals surface area contributed by atoms with Crippen molar-refractivity contribution in [2.24, 2.45) is 0 Å². The van der Waals surface area contributed by atoms with Crippen LogP contribution in [0.25, 0.3) is 10.9 Å². The lowest BCUT2D eigenvalue weighted by Crippen LogP contribution is -2.45. The molecule has 8 heteroatoms. The van der Waals surface area contributed by atoms with Crippen LogP contribution in [0.2, 0.25) is 0 Å². The molecule has 0 saturated carbocycles. The number of piperidine rings is 1. The number of nitrogens with zero attached hydrogens (tertiary/aromatic N) is 4. The largest absolute Gasteiger partial charge is 0.465 e. The Bertz CT molecular complexity index is 1140. The number of aryl methyl sites for hydroxylation is 1. The standard InChI is InChI=1S/C24H27FN4O3/c1-3-29-22-14-20(10-9-18(22)15-26-29)28(24(31)27-11-5-4-6-12-27)16-19-8-7-17(13-21(19)25)23(30)32-2/h7-10,13-15H,3-6,11-12,16H2,1-2H3. The number of aromatic nitrogens is 2. The molecule has 0 aliphatic carbocycles. The van der Waals surface area contributed by atoms with Crippen molar-refractivity contribution in [3.8, 4) is 0 Å². The molecular formula is C24H27FN4O3. The molecule has 3 aromatic rings. The number of carbonyl (C=O) groups excluding carboxylic acids is 2. The third kappa shape index (κ3) is 4.30. The van der Waals surface area contributed by atoms with Crippen LogP contribution in [0.1, 0.15) is 42.1 Å². The van der Waals surface area contributed by atoms with Gasteiger partial charge in [0.25, 0.3) is 0 Å². The predicted octanol–water partition coefficient (Wildman–Crippen LogP) is 4.59. The van der Waals surface area contributed by atoms with Crippen LogP contribution in [0, 0.1) is 5.82 Å². The second-order valence-electron chi connectivity index (χ2n) is 7.92. The molecule has 7 nitrogen and oxygen atoms in total. The number of methoxy groups -OCH3 is 1. The second-order valence-corrected chi connectivity index (χ2v) is 7.92. The molecule has 1 fully saturated rings. The van der Waals surface area contributed by atoms with E-state index in [2.05, 4.69) is 9.84 Å². The normalized spacial score (nSPS) is 13.9. The van der Waals surface area contributed by atoms with E-state index >= 15 is 0 Å². The highest BCUT2D eigenvalue weighted by molar-refractivity contribution is 5.95. The fourth-order valence-corrected chi connectivity index (χ4v) is 4.09. The lowest BCUT2D eigenvalue weighted by atomic mass is 10.1. The molecule has 2 amide bonds. The number of hydrogen-bond donors (Lipinski definition) is 0. The van der Waals surface area contributed by atoms with Crippen molar-refractivity contribution in [3.05, 3.63) is 59.5 Å². The maximum absolute atomic E-state index is 14.9. The molecule has 32 heavy (non-hydrogen) atoms. The summed E-state index contributed by atoms with van der Waals surface area (Å²) >= 11 is 0. The van der Waals surface area contributed by atoms with Gasteiger partial charge in [-0.05, 0) is 56.5 Å². The summed E-state index contributed by atoms with van der Waals surface area (Å²) in [5, 5.41) is 5.36. The van der Waals surface area contributed by atoms with Gasteiger partial charge in [0.05, 0.1) is 30.9 Å². The number of fused-ring (bicyclic) bond motifs is 1. The van der Waals surface area contributed by atoms with E-state index in [-0.39, 0.29) is 18.1 Å². The molecule has 0 unspecified atom stereocenters. The molecule has 2 heterocycles. The minimum absolute atomic E-state index is 0.0500. The lowest BCUT2D eigenvalue weighted by Gasteiger charge is -2.33. The third-order valence-corrected chi connectivity index (χ3v) is 5.90. The van der Waals surface area contributed by atoms with Crippen LogP contribution >= 0.6 is 0 Å². The number of anilines is 1. The number of halogens is 1. The Morgan fingerprint density at radius 2 is 1.91 bits per heavy atom. The number of hydrogen-bond acceptors (Lipinski definition) is 4. The van der Waals surface area contributed by atoms with Gasteiger partial charge in [0.1, 0.15) is 5.82 Å². The van der Waals surface area contributed by atoms with Gasteiger partial charge in [-0.15, -0.1) is 0 Å². The molecule has 1 saturated heterocycles. The summed E-state index contributed by atoms with van der Waals surface area (Å²) in [7, 11) is 1.25. The van der Waals surface area contributed by atoms with E-state index in [0.717, 1.165) is 36.2 Å². The number of likely N-dealkylation sites (tertiary alicyclic amines) is 1. The van der Waals surface area contributed by atoms with E-state index in [1.54, 1.807) is 11.1 Å². The highest BCUT2D eigenvalue weighted by atomic mass is 19.1. The number of carbonyl (C=O) groups is 2. The van der Waals surface area contributed by atoms with Crippen LogP contribution in [-0.4, -0.2) is 46.9 Å². The predicted molar refractivity (Wildman–Crippen MR) is 120 cm³/mol. The molecule has 0 bridgehead atoms. The van der Waals surface area contributed by atoms with Crippen molar-refractivity contribution in [1.82, 2.24) is 14.7 Å². The van der Waals surface area contributed by atoms with E-state index < -0.39 is 11.8 Å². The molecular weight excluding hydrogens is 411 g/mol. The van der Waals surface area contributed by atoms with Crippen molar-refractivity contribution >= 4 is 28.6 Å². The average Bonchev–Trinajstić information content (AvgIpc) is 3.25. The fraction of sp³-hybridized carbons (Fsp3) is 0.375. The summed E-state index contributed by atoms with van der Waals surface area (Å²) in [6.45, 7) is 4.14. The average molecular weight is 439 g/mol. The number of benzene rings is 2. The zero-order valence-corrected chi connectivity index (χ0v) is 18.4. The Kier molecular flexibility index (Phi) is 6.39. The first kappa shape index (κ1) is 21.8. The molecule has 0 spiro atoms. The van der Waals surface area contributed by atoms with Gasteiger partial charge in [0, 0.05) is 36.3 Å². The summed E-state index contributed by atoms with van der Waals surface area (Å²) in [5.41, 5.74) is 2.06. The SMILES string of the molecule is CCn1ncc2ccc(N(Cc3ccc(C(=O)OC)cc3F)C(=O)N3CCCCC3)cc21. The van der Waals surface area contributed by atoms with Gasteiger partial charge in [-0.3, -0.25) is 9.58 Å². The number of urea groups is 1. The molecule has 1 aliphatic rings. The molecule has 0 N–H and O–H groups in total. The van der Waals surface area contributed by atoms with Crippen LogP contribution in [0.5, 0.6) is 0 Å². The van der Waals surface area contributed by atoms with Crippen molar-refractivity contribution in [3.63, 3.8) is 0 Å². The zero-order chi connectivity index (χ0) is 22.7. The smallest absolute Gasteiger partial charge is 0.337 e. The Hall–Kier alpha value is -3.42. The van der Waals surface area contributed by atoms with Gasteiger partial charge in [0.2, 0.25) is 0 Å². The number of amides is 2. The summed E-state index contributed by atoms with van der Waals surface area (Å²) in [5.74, 6) is -1.15. The molecule has 0 radical (unpaired) electrons. The highest BCUT2D eigenvalue weighted by Gasteiger charge is 2.26. The Morgan fingerprint density at radius 1 is 1.12 bits per heavy atom. The van der Waals surface area contributed by atoms with Crippen molar-refractivity contribution < 1.29 is 18.7 Å². The van der Waals surface area contributed by atoms with Crippen LogP contribution in [0.15, 0.2) is 42.6 Å². The van der Waals surface area contributed by atoms with Crippen LogP contribution in [-0.2, 0) is 17.8 Å². The maximum atomic E-state index is 14.9. The van der Waals surface area contributed by atoms with Gasteiger partial charge >= 0.3 is 12.0 Å². The summed E-state index contributed by atoms with van der Waals surface area (Å²) in [6, 6.07) is 9.77.